The van der Waals surface area contributed by atoms with Gasteiger partial charge in [-0.25, -0.2) is 0 Å². The summed E-state index contributed by atoms with van der Waals surface area (Å²) in [7, 11) is 0. The molecule has 1 fully saturated rings. The first-order valence-corrected chi connectivity index (χ1v) is 8.58. The Hall–Kier alpha value is -1.02. The van der Waals surface area contributed by atoms with Crippen molar-refractivity contribution in [2.45, 2.75) is 71.3 Å². The molecule has 0 spiro atoms. The van der Waals surface area contributed by atoms with Crippen LogP contribution in [0.15, 0.2) is 18.2 Å². The number of benzene rings is 1. The van der Waals surface area contributed by atoms with Gasteiger partial charge in [0.1, 0.15) is 5.75 Å². The maximum absolute atomic E-state index is 6.22. The lowest BCUT2D eigenvalue weighted by atomic mass is 9.94. The van der Waals surface area contributed by atoms with Crippen molar-refractivity contribution in [2.24, 2.45) is 0 Å². The second-order valence-corrected chi connectivity index (χ2v) is 6.86. The fourth-order valence-electron chi connectivity index (χ4n) is 3.16. The van der Waals surface area contributed by atoms with Gasteiger partial charge in [-0.15, -0.1) is 0 Å². The Kier molecular flexibility index (Phi) is 6.10. The minimum atomic E-state index is 0.509. The minimum absolute atomic E-state index is 0.509. The van der Waals surface area contributed by atoms with Crippen LogP contribution in [-0.4, -0.2) is 19.2 Å². The zero-order valence-corrected chi connectivity index (χ0v) is 14.1. The summed E-state index contributed by atoms with van der Waals surface area (Å²) >= 11 is 0. The van der Waals surface area contributed by atoms with Gasteiger partial charge in [0.25, 0.3) is 0 Å². The van der Waals surface area contributed by atoms with Crippen molar-refractivity contribution in [3.8, 4) is 5.75 Å². The summed E-state index contributed by atoms with van der Waals surface area (Å²) in [5, 5.41) is 3.56. The standard InChI is InChI=1S/C19H31NO/c1-14(2)17-10-5-11-18(15(3)4)19(17)21-13-7-9-16-8-6-12-20-16/h5,10-11,14-16,20H,6-9,12-13H2,1-4H3. The second-order valence-electron chi connectivity index (χ2n) is 6.86. The molecule has 1 aliphatic rings. The van der Waals surface area contributed by atoms with E-state index in [4.69, 9.17) is 4.74 Å². The van der Waals surface area contributed by atoms with E-state index in [-0.39, 0.29) is 0 Å². The first-order valence-electron chi connectivity index (χ1n) is 8.58. The van der Waals surface area contributed by atoms with Crippen molar-refractivity contribution in [2.75, 3.05) is 13.2 Å². The second kappa shape index (κ2) is 7.84. The maximum Gasteiger partial charge on any atom is 0.126 e. The molecule has 1 saturated heterocycles. The van der Waals surface area contributed by atoms with Crippen LogP contribution >= 0.6 is 0 Å². The molecule has 1 aromatic carbocycles. The van der Waals surface area contributed by atoms with Crippen molar-refractivity contribution in [1.82, 2.24) is 5.32 Å². The van der Waals surface area contributed by atoms with E-state index in [1.165, 1.54) is 36.9 Å². The van der Waals surface area contributed by atoms with Gasteiger partial charge in [-0.2, -0.15) is 0 Å². The van der Waals surface area contributed by atoms with Crippen LogP contribution in [0.25, 0.3) is 0 Å². The van der Waals surface area contributed by atoms with Gasteiger partial charge in [0.05, 0.1) is 6.61 Å². The van der Waals surface area contributed by atoms with E-state index < -0.39 is 0 Å². The van der Waals surface area contributed by atoms with E-state index >= 15 is 0 Å². The molecule has 1 N–H and O–H groups in total. The Bertz CT molecular complexity index is 407. The van der Waals surface area contributed by atoms with Gasteiger partial charge in [0.2, 0.25) is 0 Å². The highest BCUT2D eigenvalue weighted by Gasteiger charge is 2.16. The predicted octanol–water partition coefficient (Wildman–Crippen LogP) is 4.84. The number of ether oxygens (including phenoxy) is 1. The molecule has 0 bridgehead atoms. The lowest BCUT2D eigenvalue weighted by Gasteiger charge is -2.20. The number of rotatable bonds is 7. The Morgan fingerprint density at radius 2 is 1.81 bits per heavy atom. The normalized spacial score (nSPS) is 18.7. The first kappa shape index (κ1) is 16.4. The largest absolute Gasteiger partial charge is 0.493 e. The summed E-state index contributed by atoms with van der Waals surface area (Å²) in [5.74, 6) is 2.16. The number of para-hydroxylation sites is 1. The molecular formula is C19H31NO. The summed E-state index contributed by atoms with van der Waals surface area (Å²) in [6, 6.07) is 7.31. The van der Waals surface area contributed by atoms with Gasteiger partial charge in [-0.3, -0.25) is 0 Å². The molecule has 1 atom stereocenters. The zero-order chi connectivity index (χ0) is 15.2. The summed E-state index contributed by atoms with van der Waals surface area (Å²) < 4.78 is 6.22. The van der Waals surface area contributed by atoms with Crippen LogP contribution in [0.1, 0.15) is 76.3 Å². The van der Waals surface area contributed by atoms with Crippen molar-refractivity contribution in [3.05, 3.63) is 29.3 Å². The molecule has 0 radical (unpaired) electrons. The summed E-state index contributed by atoms with van der Waals surface area (Å²) in [5.41, 5.74) is 2.69. The van der Waals surface area contributed by atoms with Gasteiger partial charge in [-0.05, 0) is 55.2 Å². The Balaban J connectivity index is 1.96. The average Bonchev–Trinajstić information content (AvgIpc) is 2.96. The van der Waals surface area contributed by atoms with E-state index in [1.54, 1.807) is 0 Å². The van der Waals surface area contributed by atoms with Crippen molar-refractivity contribution >= 4 is 0 Å². The van der Waals surface area contributed by atoms with E-state index in [1.807, 2.05) is 0 Å². The molecule has 1 aliphatic heterocycles. The summed E-state index contributed by atoms with van der Waals surface area (Å²) in [6.07, 6.45) is 5.04. The van der Waals surface area contributed by atoms with E-state index in [2.05, 4.69) is 51.2 Å². The van der Waals surface area contributed by atoms with Gasteiger partial charge < -0.3 is 10.1 Å². The highest BCUT2D eigenvalue weighted by atomic mass is 16.5. The molecular weight excluding hydrogens is 258 g/mol. The fourth-order valence-corrected chi connectivity index (χ4v) is 3.16. The molecule has 0 aromatic heterocycles. The average molecular weight is 289 g/mol. The molecule has 21 heavy (non-hydrogen) atoms. The van der Waals surface area contributed by atoms with Crippen LogP contribution in [0.5, 0.6) is 5.75 Å². The van der Waals surface area contributed by atoms with Crippen LogP contribution in [0.2, 0.25) is 0 Å². The fraction of sp³-hybridized carbons (Fsp3) is 0.684. The smallest absolute Gasteiger partial charge is 0.126 e. The number of hydrogen-bond acceptors (Lipinski definition) is 2. The Morgan fingerprint density at radius 1 is 1.14 bits per heavy atom. The predicted molar refractivity (Wildman–Crippen MR) is 90.4 cm³/mol. The third-order valence-electron chi connectivity index (χ3n) is 4.43. The zero-order valence-electron chi connectivity index (χ0n) is 14.1. The molecule has 0 saturated carbocycles. The van der Waals surface area contributed by atoms with Gasteiger partial charge in [0, 0.05) is 6.04 Å². The molecule has 0 amide bonds. The third kappa shape index (κ3) is 4.47. The molecule has 2 rings (SSSR count). The summed E-state index contributed by atoms with van der Waals surface area (Å²) in [6.45, 7) is 11.0. The van der Waals surface area contributed by atoms with E-state index in [0.29, 0.717) is 11.8 Å². The van der Waals surface area contributed by atoms with Crippen molar-refractivity contribution in [1.29, 1.82) is 0 Å². The highest BCUT2D eigenvalue weighted by Crippen LogP contribution is 2.34. The van der Waals surface area contributed by atoms with E-state index in [9.17, 15) is 0 Å². The Morgan fingerprint density at radius 3 is 2.33 bits per heavy atom. The highest BCUT2D eigenvalue weighted by molar-refractivity contribution is 5.44. The molecule has 1 aromatic rings. The van der Waals surface area contributed by atoms with Gasteiger partial charge in [-0.1, -0.05) is 45.9 Å². The Labute approximate surface area is 130 Å². The van der Waals surface area contributed by atoms with Crippen LogP contribution in [-0.2, 0) is 0 Å². The third-order valence-corrected chi connectivity index (χ3v) is 4.43. The van der Waals surface area contributed by atoms with Crippen LogP contribution in [0.4, 0.5) is 0 Å². The number of hydrogen-bond donors (Lipinski definition) is 1. The first-order chi connectivity index (χ1) is 10.1. The van der Waals surface area contributed by atoms with Crippen LogP contribution < -0.4 is 10.1 Å². The quantitative estimate of drug-likeness (QED) is 0.725. The molecule has 2 nitrogen and oxygen atoms in total. The van der Waals surface area contributed by atoms with Gasteiger partial charge in [0.15, 0.2) is 0 Å². The molecule has 1 unspecified atom stereocenters. The topological polar surface area (TPSA) is 21.3 Å². The molecule has 0 aliphatic carbocycles. The lowest BCUT2D eigenvalue weighted by molar-refractivity contribution is 0.291. The lowest BCUT2D eigenvalue weighted by Crippen LogP contribution is -2.21. The molecule has 2 heteroatoms. The minimum Gasteiger partial charge on any atom is -0.493 e. The number of nitrogens with one attached hydrogen (secondary N) is 1. The van der Waals surface area contributed by atoms with Crippen LogP contribution in [0, 0.1) is 0 Å². The monoisotopic (exact) mass is 289 g/mol. The molecule has 1 heterocycles. The summed E-state index contributed by atoms with van der Waals surface area (Å²) in [4.78, 5) is 0. The van der Waals surface area contributed by atoms with Gasteiger partial charge >= 0.3 is 0 Å². The van der Waals surface area contributed by atoms with Crippen molar-refractivity contribution in [3.63, 3.8) is 0 Å². The van der Waals surface area contributed by atoms with Crippen molar-refractivity contribution < 1.29 is 4.74 Å². The van der Waals surface area contributed by atoms with E-state index in [0.717, 1.165) is 24.8 Å². The SMILES string of the molecule is CC(C)c1cccc(C(C)C)c1OCCCC1CCCN1. The van der Waals surface area contributed by atoms with Crippen LogP contribution in [0.3, 0.4) is 0 Å². The molecule has 118 valence electrons. The maximum atomic E-state index is 6.22.